The largest absolute Gasteiger partial charge is 0.481 e. The number of carbonyl (C=O) groups excluding carboxylic acids is 1. The summed E-state index contributed by atoms with van der Waals surface area (Å²) in [6.45, 7) is 0.166. The fourth-order valence-electron chi connectivity index (χ4n) is 2.19. The number of hydrogen-bond acceptors (Lipinski definition) is 6. The normalized spacial score (nSPS) is 10.4. The topological polar surface area (TPSA) is 102 Å². The molecule has 25 heavy (non-hydrogen) atoms. The highest BCUT2D eigenvalue weighted by Crippen LogP contribution is 2.21. The molecule has 1 aromatic heterocycles. The number of anilines is 1. The van der Waals surface area contributed by atoms with Crippen molar-refractivity contribution in [1.29, 1.82) is 0 Å². The first kappa shape index (κ1) is 18.5. The zero-order chi connectivity index (χ0) is 18.6. The first-order chi connectivity index (χ1) is 11.9. The van der Waals surface area contributed by atoms with E-state index in [0.717, 1.165) is 4.68 Å². The minimum Gasteiger partial charge on any atom is -0.481 e. The van der Waals surface area contributed by atoms with E-state index in [1.54, 1.807) is 25.2 Å². The highest BCUT2D eigenvalue weighted by Gasteiger charge is 2.18. The molecule has 0 saturated heterocycles. The number of aliphatic carboxylic acids is 1. The van der Waals surface area contributed by atoms with Crippen LogP contribution < -0.4 is 10.5 Å². The number of esters is 1. The van der Waals surface area contributed by atoms with E-state index in [0.29, 0.717) is 5.69 Å². The Balaban J connectivity index is 2.47. The summed E-state index contributed by atoms with van der Waals surface area (Å²) < 4.78 is 5.71. The third kappa shape index (κ3) is 3.97. The van der Waals surface area contributed by atoms with Crippen molar-refractivity contribution in [3.05, 3.63) is 51.4 Å². The quantitative estimate of drug-likeness (QED) is 0.775. The number of aromatic nitrogens is 2. The van der Waals surface area contributed by atoms with Gasteiger partial charge in [0.15, 0.2) is 0 Å². The summed E-state index contributed by atoms with van der Waals surface area (Å²) in [7, 11) is 2.85. The molecular weight excluding hydrogens is 350 g/mol. The Bertz CT molecular complexity index is 865. The standard InChI is InChI=1S/C16H16ClN3O5/c1-19(8-7-13(21)22)12-9-18-20(15(23)14(12)17)11-6-4-3-5-10(11)16(24)25-2/h3-6,9H,7-8H2,1-2H3,(H,21,22). The zero-order valence-electron chi connectivity index (χ0n) is 13.6. The summed E-state index contributed by atoms with van der Waals surface area (Å²) in [5, 5.41) is 12.7. The van der Waals surface area contributed by atoms with Crippen LogP contribution in [-0.2, 0) is 9.53 Å². The summed E-state index contributed by atoms with van der Waals surface area (Å²) in [4.78, 5) is 36.6. The van der Waals surface area contributed by atoms with Gasteiger partial charge in [-0.3, -0.25) is 9.59 Å². The lowest BCUT2D eigenvalue weighted by molar-refractivity contribution is -0.136. The zero-order valence-corrected chi connectivity index (χ0v) is 14.4. The third-order valence-electron chi connectivity index (χ3n) is 3.51. The molecule has 132 valence electrons. The molecule has 0 aliphatic rings. The van der Waals surface area contributed by atoms with Gasteiger partial charge in [-0.05, 0) is 12.1 Å². The lowest BCUT2D eigenvalue weighted by Crippen LogP contribution is -2.28. The van der Waals surface area contributed by atoms with Gasteiger partial charge in [0.05, 0.1) is 36.7 Å². The molecule has 0 radical (unpaired) electrons. The van der Waals surface area contributed by atoms with E-state index in [-0.39, 0.29) is 29.2 Å². The van der Waals surface area contributed by atoms with Crippen molar-refractivity contribution in [2.24, 2.45) is 0 Å². The summed E-state index contributed by atoms with van der Waals surface area (Å²) in [5.74, 6) is -1.57. The molecule has 0 unspecified atom stereocenters. The predicted octanol–water partition coefficient (Wildman–Crippen LogP) is 1.58. The van der Waals surface area contributed by atoms with Gasteiger partial charge in [0.25, 0.3) is 5.56 Å². The second-order valence-electron chi connectivity index (χ2n) is 5.13. The lowest BCUT2D eigenvalue weighted by atomic mass is 10.2. The van der Waals surface area contributed by atoms with Crippen molar-refractivity contribution in [3.63, 3.8) is 0 Å². The van der Waals surface area contributed by atoms with Crippen molar-refractivity contribution in [2.75, 3.05) is 25.6 Å². The maximum atomic E-state index is 12.6. The molecule has 0 aliphatic carbocycles. The van der Waals surface area contributed by atoms with Gasteiger partial charge < -0.3 is 14.7 Å². The molecule has 0 amide bonds. The Morgan fingerprint density at radius 2 is 2.04 bits per heavy atom. The van der Waals surface area contributed by atoms with E-state index in [9.17, 15) is 14.4 Å². The summed E-state index contributed by atoms with van der Waals surface area (Å²) in [6.07, 6.45) is 1.24. The third-order valence-corrected chi connectivity index (χ3v) is 3.87. The van der Waals surface area contributed by atoms with E-state index in [2.05, 4.69) is 5.10 Å². The van der Waals surface area contributed by atoms with Crippen LogP contribution in [0.15, 0.2) is 35.3 Å². The Labute approximate surface area is 148 Å². The number of para-hydroxylation sites is 1. The molecule has 0 fully saturated rings. The van der Waals surface area contributed by atoms with Crippen LogP contribution in [0.2, 0.25) is 5.02 Å². The van der Waals surface area contributed by atoms with E-state index < -0.39 is 17.5 Å². The fourth-order valence-corrected chi connectivity index (χ4v) is 2.46. The number of nitrogens with zero attached hydrogens (tertiary/aromatic N) is 3. The first-order valence-electron chi connectivity index (χ1n) is 7.25. The monoisotopic (exact) mass is 365 g/mol. The van der Waals surface area contributed by atoms with Crippen LogP contribution in [0, 0.1) is 0 Å². The van der Waals surface area contributed by atoms with Crippen LogP contribution in [0.1, 0.15) is 16.8 Å². The molecule has 8 nitrogen and oxygen atoms in total. The van der Waals surface area contributed by atoms with Crippen molar-refractivity contribution < 1.29 is 19.4 Å². The van der Waals surface area contributed by atoms with E-state index >= 15 is 0 Å². The van der Waals surface area contributed by atoms with E-state index in [4.69, 9.17) is 21.4 Å². The molecule has 2 aromatic rings. The summed E-state index contributed by atoms with van der Waals surface area (Å²) >= 11 is 6.15. The number of benzene rings is 1. The van der Waals surface area contributed by atoms with Crippen molar-refractivity contribution in [1.82, 2.24) is 9.78 Å². The minimum atomic E-state index is -0.962. The van der Waals surface area contributed by atoms with Crippen LogP contribution >= 0.6 is 11.6 Å². The highest BCUT2D eigenvalue weighted by atomic mass is 35.5. The smallest absolute Gasteiger partial charge is 0.340 e. The second kappa shape index (κ2) is 7.80. The second-order valence-corrected chi connectivity index (χ2v) is 5.51. The number of halogens is 1. The van der Waals surface area contributed by atoms with Crippen LogP contribution in [0.25, 0.3) is 5.69 Å². The number of ether oxygens (including phenoxy) is 1. The van der Waals surface area contributed by atoms with Crippen molar-refractivity contribution >= 4 is 29.2 Å². The molecule has 0 spiro atoms. The highest BCUT2D eigenvalue weighted by molar-refractivity contribution is 6.33. The number of rotatable bonds is 6. The SMILES string of the molecule is COC(=O)c1ccccc1-n1ncc(N(C)CCC(=O)O)c(Cl)c1=O. The number of carboxylic acids is 1. The summed E-state index contributed by atoms with van der Waals surface area (Å²) in [5.41, 5.74) is 0.0843. The average molecular weight is 366 g/mol. The fraction of sp³-hybridized carbons (Fsp3) is 0.250. The van der Waals surface area contributed by atoms with Crippen LogP contribution in [0.4, 0.5) is 5.69 Å². The van der Waals surface area contributed by atoms with Gasteiger partial charge in [0.1, 0.15) is 5.02 Å². The number of methoxy groups -OCH3 is 1. The van der Waals surface area contributed by atoms with Gasteiger partial charge in [-0.25, -0.2) is 4.79 Å². The lowest BCUT2D eigenvalue weighted by Gasteiger charge is -2.19. The molecule has 1 aromatic carbocycles. The van der Waals surface area contributed by atoms with E-state index in [1.165, 1.54) is 24.3 Å². The van der Waals surface area contributed by atoms with Crippen LogP contribution in [0.5, 0.6) is 0 Å². The van der Waals surface area contributed by atoms with Gasteiger partial charge in [0.2, 0.25) is 0 Å². The van der Waals surface area contributed by atoms with Crippen LogP contribution in [-0.4, -0.2) is 47.5 Å². The van der Waals surface area contributed by atoms with Gasteiger partial charge in [-0.2, -0.15) is 9.78 Å². The molecule has 0 bridgehead atoms. The Hall–Kier alpha value is -2.87. The number of carbonyl (C=O) groups is 2. The predicted molar refractivity (Wildman–Crippen MR) is 91.7 cm³/mol. The average Bonchev–Trinajstić information content (AvgIpc) is 2.61. The molecular formula is C16H16ClN3O5. The molecule has 0 saturated carbocycles. The molecule has 1 N–H and O–H groups in total. The van der Waals surface area contributed by atoms with E-state index in [1.807, 2.05) is 0 Å². The maximum Gasteiger partial charge on any atom is 0.340 e. The molecule has 0 atom stereocenters. The number of carboxylic acid groups (broad SMARTS) is 1. The Morgan fingerprint density at radius 1 is 1.36 bits per heavy atom. The van der Waals surface area contributed by atoms with Crippen molar-refractivity contribution in [3.8, 4) is 5.69 Å². The van der Waals surface area contributed by atoms with Gasteiger partial charge in [-0.1, -0.05) is 23.7 Å². The Kier molecular flexibility index (Phi) is 5.76. The van der Waals surface area contributed by atoms with Gasteiger partial charge in [0, 0.05) is 13.6 Å². The summed E-state index contributed by atoms with van der Waals surface area (Å²) in [6, 6.07) is 6.34. The number of hydrogen-bond donors (Lipinski definition) is 1. The van der Waals surface area contributed by atoms with Gasteiger partial charge in [-0.15, -0.1) is 0 Å². The minimum absolute atomic E-state index is 0.110. The van der Waals surface area contributed by atoms with Crippen LogP contribution in [0.3, 0.4) is 0 Å². The molecule has 0 aliphatic heterocycles. The molecule has 9 heteroatoms. The Morgan fingerprint density at radius 3 is 2.68 bits per heavy atom. The van der Waals surface area contributed by atoms with Crippen molar-refractivity contribution in [2.45, 2.75) is 6.42 Å². The molecule has 1 heterocycles. The maximum absolute atomic E-state index is 12.6. The van der Waals surface area contributed by atoms with Gasteiger partial charge >= 0.3 is 11.9 Å². The first-order valence-corrected chi connectivity index (χ1v) is 7.63. The molecule has 2 rings (SSSR count).